The Hall–Kier alpha value is -1.87. The first kappa shape index (κ1) is 10.1. The number of pyridine rings is 1. The van der Waals surface area contributed by atoms with Gasteiger partial charge >= 0.3 is 0 Å². The van der Waals surface area contributed by atoms with Crippen molar-refractivity contribution < 1.29 is 0 Å². The standard InChI is InChI=1S/C15H10BNS/c16-13-9-5-1-3-7-11(9)17-14-10-6-2-4-8-12(10)18-15(13)14/h1-8H,16H2. The summed E-state index contributed by atoms with van der Waals surface area (Å²) in [7, 11) is 2.20. The molecule has 1 nitrogen and oxygen atoms in total. The van der Waals surface area contributed by atoms with Gasteiger partial charge < -0.3 is 0 Å². The second-order valence-corrected chi connectivity index (χ2v) is 5.58. The minimum absolute atomic E-state index is 1.09. The molecular weight excluding hydrogens is 237 g/mol. The van der Waals surface area contributed by atoms with Gasteiger partial charge in [-0.25, -0.2) is 4.98 Å². The SMILES string of the molecule is Bc1c2ccccc2nc2c1sc1ccccc12. The zero-order chi connectivity index (χ0) is 12.1. The van der Waals surface area contributed by atoms with Gasteiger partial charge in [0.2, 0.25) is 0 Å². The van der Waals surface area contributed by atoms with Crippen molar-refractivity contribution in [1.29, 1.82) is 0 Å². The van der Waals surface area contributed by atoms with E-state index >= 15 is 0 Å². The van der Waals surface area contributed by atoms with Crippen molar-refractivity contribution in [2.24, 2.45) is 0 Å². The normalized spacial score (nSPS) is 11.6. The molecule has 3 heteroatoms. The van der Waals surface area contributed by atoms with Crippen LogP contribution in [0.2, 0.25) is 0 Å². The van der Waals surface area contributed by atoms with E-state index in [2.05, 4.69) is 56.4 Å². The Morgan fingerprint density at radius 2 is 1.61 bits per heavy atom. The smallest absolute Gasteiger partial charge is 0.142 e. The molecule has 18 heavy (non-hydrogen) atoms. The number of thiophene rings is 1. The number of fused-ring (bicyclic) bond motifs is 4. The van der Waals surface area contributed by atoms with Crippen molar-refractivity contribution in [2.75, 3.05) is 0 Å². The second kappa shape index (κ2) is 3.56. The van der Waals surface area contributed by atoms with Crippen LogP contribution in [0.5, 0.6) is 0 Å². The topological polar surface area (TPSA) is 12.9 Å². The van der Waals surface area contributed by atoms with Crippen LogP contribution < -0.4 is 5.46 Å². The fraction of sp³-hybridized carbons (Fsp3) is 0. The Morgan fingerprint density at radius 3 is 2.50 bits per heavy atom. The van der Waals surface area contributed by atoms with Crippen molar-refractivity contribution in [3.63, 3.8) is 0 Å². The van der Waals surface area contributed by atoms with Crippen LogP contribution in [0.3, 0.4) is 0 Å². The summed E-state index contributed by atoms with van der Waals surface area (Å²) in [6.07, 6.45) is 0. The Labute approximate surface area is 109 Å². The number of rotatable bonds is 0. The summed E-state index contributed by atoms with van der Waals surface area (Å²) in [5.41, 5.74) is 3.58. The lowest BCUT2D eigenvalue weighted by Gasteiger charge is -2.02. The Kier molecular flexibility index (Phi) is 2.00. The third kappa shape index (κ3) is 1.25. The number of hydrogen-bond donors (Lipinski definition) is 0. The van der Waals surface area contributed by atoms with Crippen molar-refractivity contribution in [1.82, 2.24) is 4.98 Å². The molecule has 0 aliphatic rings. The average molecular weight is 247 g/mol. The predicted octanol–water partition coefficient (Wildman–Crippen LogP) is 2.86. The van der Waals surface area contributed by atoms with Crippen LogP contribution >= 0.6 is 11.3 Å². The van der Waals surface area contributed by atoms with E-state index in [1.807, 2.05) is 11.3 Å². The molecule has 0 saturated carbocycles. The lowest BCUT2D eigenvalue weighted by Crippen LogP contribution is -2.05. The molecule has 0 aliphatic carbocycles. The monoisotopic (exact) mass is 247 g/mol. The van der Waals surface area contributed by atoms with E-state index in [1.165, 1.54) is 25.6 Å². The third-order valence-electron chi connectivity index (χ3n) is 3.45. The van der Waals surface area contributed by atoms with Crippen LogP contribution in [0.1, 0.15) is 0 Å². The molecule has 0 bridgehead atoms. The molecule has 0 N–H and O–H groups in total. The van der Waals surface area contributed by atoms with Crippen molar-refractivity contribution in [2.45, 2.75) is 0 Å². The Morgan fingerprint density at radius 1 is 0.889 bits per heavy atom. The van der Waals surface area contributed by atoms with Crippen LogP contribution in [0.15, 0.2) is 48.5 Å². The highest BCUT2D eigenvalue weighted by molar-refractivity contribution is 7.26. The van der Waals surface area contributed by atoms with Gasteiger partial charge in [-0.15, -0.1) is 11.3 Å². The van der Waals surface area contributed by atoms with E-state index in [1.54, 1.807) is 0 Å². The fourth-order valence-corrected chi connectivity index (χ4v) is 3.68. The summed E-state index contributed by atoms with van der Waals surface area (Å²) >= 11 is 1.84. The number of hydrogen-bond acceptors (Lipinski definition) is 2. The van der Waals surface area contributed by atoms with Crippen molar-refractivity contribution in [3.05, 3.63) is 48.5 Å². The van der Waals surface area contributed by atoms with E-state index in [-0.39, 0.29) is 0 Å². The van der Waals surface area contributed by atoms with Gasteiger partial charge in [-0.3, -0.25) is 0 Å². The van der Waals surface area contributed by atoms with Crippen LogP contribution in [-0.2, 0) is 0 Å². The molecule has 2 heterocycles. The van der Waals surface area contributed by atoms with Crippen molar-refractivity contribution >= 4 is 55.9 Å². The fourth-order valence-electron chi connectivity index (χ4n) is 2.53. The minimum Gasteiger partial charge on any atom is -0.246 e. The highest BCUT2D eigenvalue weighted by Gasteiger charge is 2.10. The van der Waals surface area contributed by atoms with Crippen LogP contribution in [0, 0.1) is 0 Å². The molecule has 0 spiro atoms. The van der Waals surface area contributed by atoms with E-state index in [9.17, 15) is 0 Å². The zero-order valence-corrected chi connectivity index (χ0v) is 10.8. The molecule has 0 aliphatic heterocycles. The Bertz CT molecular complexity index is 895. The maximum atomic E-state index is 4.84. The summed E-state index contributed by atoms with van der Waals surface area (Å²) in [5, 5.41) is 2.53. The van der Waals surface area contributed by atoms with Gasteiger partial charge in [-0.2, -0.15) is 0 Å². The molecule has 0 radical (unpaired) electrons. The van der Waals surface area contributed by atoms with Crippen LogP contribution in [0.4, 0.5) is 0 Å². The molecule has 0 fully saturated rings. The third-order valence-corrected chi connectivity index (χ3v) is 4.73. The van der Waals surface area contributed by atoms with Gasteiger partial charge in [-0.05, 0) is 17.5 Å². The zero-order valence-electron chi connectivity index (χ0n) is 9.97. The van der Waals surface area contributed by atoms with Gasteiger partial charge in [0.05, 0.1) is 11.0 Å². The number of benzene rings is 2. The molecule has 84 valence electrons. The molecule has 0 atom stereocenters. The van der Waals surface area contributed by atoms with Gasteiger partial charge in [0.1, 0.15) is 7.85 Å². The van der Waals surface area contributed by atoms with Gasteiger partial charge in [0.25, 0.3) is 0 Å². The van der Waals surface area contributed by atoms with Gasteiger partial charge in [-0.1, -0.05) is 41.9 Å². The highest BCUT2D eigenvalue weighted by Crippen LogP contribution is 2.32. The second-order valence-electron chi connectivity index (χ2n) is 4.53. The lowest BCUT2D eigenvalue weighted by molar-refractivity contribution is 1.54. The van der Waals surface area contributed by atoms with Gasteiger partial charge in [0, 0.05) is 14.8 Å². The first-order valence-corrected chi connectivity index (χ1v) is 6.83. The van der Waals surface area contributed by atoms with Crippen LogP contribution in [0.25, 0.3) is 31.2 Å². The number of aromatic nitrogens is 1. The van der Waals surface area contributed by atoms with Gasteiger partial charge in [0.15, 0.2) is 0 Å². The minimum atomic E-state index is 1.09. The molecule has 4 aromatic rings. The number of para-hydroxylation sites is 1. The molecule has 0 saturated heterocycles. The number of nitrogens with zero attached hydrogens (tertiary/aromatic N) is 1. The van der Waals surface area contributed by atoms with E-state index < -0.39 is 0 Å². The summed E-state index contributed by atoms with van der Waals surface area (Å²) in [4.78, 5) is 4.84. The maximum Gasteiger partial charge on any atom is 0.142 e. The summed E-state index contributed by atoms with van der Waals surface area (Å²) in [6, 6.07) is 16.9. The predicted molar refractivity (Wildman–Crippen MR) is 82.8 cm³/mol. The molecule has 0 unspecified atom stereocenters. The summed E-state index contributed by atoms with van der Waals surface area (Å²) in [5.74, 6) is 0. The molecule has 2 aromatic heterocycles. The summed E-state index contributed by atoms with van der Waals surface area (Å²) in [6.45, 7) is 0. The largest absolute Gasteiger partial charge is 0.246 e. The first-order chi connectivity index (χ1) is 8.84. The Balaban J connectivity index is 2.33. The van der Waals surface area contributed by atoms with E-state index in [0.717, 1.165) is 11.0 Å². The van der Waals surface area contributed by atoms with Crippen LogP contribution in [-0.4, -0.2) is 12.8 Å². The van der Waals surface area contributed by atoms with E-state index in [4.69, 9.17) is 4.98 Å². The molecule has 4 rings (SSSR count). The molecule has 0 amide bonds. The average Bonchev–Trinajstić information content (AvgIpc) is 2.79. The molecule has 2 aromatic carbocycles. The lowest BCUT2D eigenvalue weighted by atomic mass is 9.91. The van der Waals surface area contributed by atoms with E-state index in [0.29, 0.717) is 0 Å². The maximum absolute atomic E-state index is 4.84. The molecular formula is C15H10BNS. The quantitative estimate of drug-likeness (QED) is 0.435. The highest BCUT2D eigenvalue weighted by atomic mass is 32.1. The first-order valence-electron chi connectivity index (χ1n) is 6.01. The summed E-state index contributed by atoms with van der Waals surface area (Å²) < 4.78 is 2.63. The van der Waals surface area contributed by atoms with Crippen molar-refractivity contribution in [3.8, 4) is 0 Å².